The Morgan fingerprint density at radius 1 is 1.12 bits per heavy atom. The monoisotopic (exact) mass is 314 g/mol. The molecule has 118 valence electrons. The van der Waals surface area contributed by atoms with Crippen molar-refractivity contribution in [2.24, 2.45) is 0 Å². The first-order valence-corrected chi connectivity index (χ1v) is 7.62. The number of nitriles is 1. The minimum Gasteiger partial charge on any atom is -0.378 e. The zero-order chi connectivity index (χ0) is 17.1. The van der Waals surface area contributed by atoms with Gasteiger partial charge in [0.1, 0.15) is 17.5 Å². The van der Waals surface area contributed by atoms with Crippen molar-refractivity contribution in [3.63, 3.8) is 0 Å². The predicted molar refractivity (Wildman–Crippen MR) is 100 cm³/mol. The van der Waals surface area contributed by atoms with Crippen LogP contribution in [0.3, 0.4) is 0 Å². The first-order chi connectivity index (χ1) is 11.6. The molecule has 0 unspecified atom stereocenters. The largest absolute Gasteiger partial charge is 0.378 e. The molecule has 0 saturated heterocycles. The average molecular weight is 314 g/mol. The summed E-state index contributed by atoms with van der Waals surface area (Å²) in [6.07, 6.45) is 3.22. The van der Waals surface area contributed by atoms with Gasteiger partial charge in [-0.25, -0.2) is 4.98 Å². The summed E-state index contributed by atoms with van der Waals surface area (Å²) in [4.78, 5) is 6.29. The van der Waals surface area contributed by atoms with Gasteiger partial charge in [-0.1, -0.05) is 24.8 Å². The molecule has 4 nitrogen and oxygen atoms in total. The minimum absolute atomic E-state index is 0.515. The molecule has 4 heteroatoms. The number of fused-ring (bicyclic) bond motifs is 1. The van der Waals surface area contributed by atoms with Crippen molar-refractivity contribution in [2.75, 3.05) is 24.3 Å². The topological polar surface area (TPSA) is 52.0 Å². The van der Waals surface area contributed by atoms with E-state index in [1.807, 2.05) is 26.2 Å². The molecule has 0 aliphatic rings. The van der Waals surface area contributed by atoms with Crippen LogP contribution in [-0.4, -0.2) is 19.1 Å². The number of nitrogens with one attached hydrogen (secondary N) is 1. The summed E-state index contributed by atoms with van der Waals surface area (Å²) < 4.78 is 0. The molecule has 0 amide bonds. The molecule has 3 aromatic rings. The molecule has 3 rings (SSSR count). The van der Waals surface area contributed by atoms with E-state index in [0.717, 1.165) is 22.2 Å². The van der Waals surface area contributed by atoms with Crippen molar-refractivity contribution >= 4 is 22.3 Å². The van der Waals surface area contributed by atoms with Crippen LogP contribution in [0.5, 0.6) is 0 Å². The lowest BCUT2D eigenvalue weighted by molar-refractivity contribution is 1.14. The number of pyridine rings is 1. The van der Waals surface area contributed by atoms with E-state index >= 15 is 0 Å². The molecular weight excluding hydrogens is 296 g/mol. The van der Waals surface area contributed by atoms with Crippen molar-refractivity contribution in [2.45, 2.75) is 0 Å². The molecule has 1 heterocycles. The molecule has 0 spiro atoms. The fourth-order valence-corrected chi connectivity index (χ4v) is 2.70. The molecule has 1 aromatic heterocycles. The fraction of sp³-hybridized carbons (Fsp3) is 0.100. The van der Waals surface area contributed by atoms with Gasteiger partial charge in [-0.05, 0) is 46.8 Å². The highest BCUT2D eigenvalue weighted by molar-refractivity contribution is 5.91. The Labute approximate surface area is 141 Å². The molecule has 2 aromatic carbocycles. The maximum Gasteiger partial charge on any atom is 0.148 e. The molecule has 0 saturated carbocycles. The normalized spacial score (nSPS) is 10.2. The van der Waals surface area contributed by atoms with Crippen LogP contribution in [0, 0.1) is 11.3 Å². The lowest BCUT2D eigenvalue weighted by Crippen LogP contribution is -2.07. The number of rotatable bonds is 4. The van der Waals surface area contributed by atoms with Crippen LogP contribution in [0.4, 0.5) is 11.5 Å². The number of nitrogens with zero attached hydrogens (tertiary/aromatic N) is 3. The van der Waals surface area contributed by atoms with E-state index in [2.05, 4.69) is 58.2 Å². The summed E-state index contributed by atoms with van der Waals surface area (Å²) >= 11 is 0. The van der Waals surface area contributed by atoms with Crippen molar-refractivity contribution in [3.05, 3.63) is 67.0 Å². The first-order valence-electron chi connectivity index (χ1n) is 7.62. The van der Waals surface area contributed by atoms with Gasteiger partial charge >= 0.3 is 0 Å². The van der Waals surface area contributed by atoms with E-state index in [1.54, 1.807) is 6.20 Å². The van der Waals surface area contributed by atoms with Gasteiger partial charge in [0, 0.05) is 31.5 Å². The summed E-state index contributed by atoms with van der Waals surface area (Å²) in [7, 11) is 4.06. The van der Waals surface area contributed by atoms with E-state index in [0.29, 0.717) is 11.4 Å². The van der Waals surface area contributed by atoms with Crippen LogP contribution in [0.2, 0.25) is 0 Å². The Balaban J connectivity index is 2.14. The Bertz CT molecular complexity index is 952. The van der Waals surface area contributed by atoms with Gasteiger partial charge in [0.15, 0.2) is 0 Å². The SMILES string of the molecule is C=CNc1nccc(-c2ccc3cc(N(C)C)ccc3c2)c1C#N. The van der Waals surface area contributed by atoms with E-state index in [-0.39, 0.29) is 0 Å². The Kier molecular flexibility index (Phi) is 4.17. The lowest BCUT2D eigenvalue weighted by Gasteiger charge is -2.14. The molecule has 0 fully saturated rings. The predicted octanol–water partition coefficient (Wildman–Crippen LogP) is 4.39. The Hall–Kier alpha value is -3.32. The third-order valence-electron chi connectivity index (χ3n) is 3.95. The third kappa shape index (κ3) is 2.80. The number of hydrogen-bond donors (Lipinski definition) is 1. The summed E-state index contributed by atoms with van der Waals surface area (Å²) in [6, 6.07) is 16.7. The van der Waals surface area contributed by atoms with Gasteiger partial charge < -0.3 is 10.2 Å². The fourth-order valence-electron chi connectivity index (χ4n) is 2.70. The Morgan fingerprint density at radius 2 is 1.88 bits per heavy atom. The zero-order valence-corrected chi connectivity index (χ0v) is 13.7. The average Bonchev–Trinajstić information content (AvgIpc) is 2.60. The van der Waals surface area contributed by atoms with Gasteiger partial charge in [-0.2, -0.15) is 5.26 Å². The molecule has 24 heavy (non-hydrogen) atoms. The third-order valence-corrected chi connectivity index (χ3v) is 3.95. The number of benzene rings is 2. The maximum atomic E-state index is 9.53. The van der Waals surface area contributed by atoms with Crippen molar-refractivity contribution < 1.29 is 0 Å². The molecule has 0 radical (unpaired) electrons. The van der Waals surface area contributed by atoms with E-state index in [4.69, 9.17) is 0 Å². The summed E-state index contributed by atoms with van der Waals surface area (Å²) in [5.41, 5.74) is 3.53. The molecule has 0 atom stereocenters. The van der Waals surface area contributed by atoms with Crippen molar-refractivity contribution in [3.8, 4) is 17.2 Å². The van der Waals surface area contributed by atoms with Gasteiger partial charge in [-0.3, -0.25) is 0 Å². The van der Waals surface area contributed by atoms with E-state index in [1.165, 1.54) is 11.6 Å². The van der Waals surface area contributed by atoms with Gasteiger partial charge in [0.2, 0.25) is 0 Å². The molecule has 0 aliphatic carbocycles. The minimum atomic E-state index is 0.515. The number of anilines is 2. The second-order valence-electron chi connectivity index (χ2n) is 5.68. The lowest BCUT2D eigenvalue weighted by atomic mass is 9.98. The highest BCUT2D eigenvalue weighted by Crippen LogP contribution is 2.31. The van der Waals surface area contributed by atoms with Crippen LogP contribution < -0.4 is 10.2 Å². The van der Waals surface area contributed by atoms with Crippen LogP contribution in [0.15, 0.2) is 61.4 Å². The summed E-state index contributed by atoms with van der Waals surface area (Å²) in [5, 5.41) is 14.8. The molecule has 1 N–H and O–H groups in total. The number of aromatic nitrogens is 1. The van der Waals surface area contributed by atoms with Crippen LogP contribution in [0.1, 0.15) is 5.56 Å². The smallest absolute Gasteiger partial charge is 0.148 e. The van der Waals surface area contributed by atoms with Crippen molar-refractivity contribution in [1.29, 1.82) is 5.26 Å². The van der Waals surface area contributed by atoms with Crippen LogP contribution >= 0.6 is 0 Å². The number of hydrogen-bond acceptors (Lipinski definition) is 4. The quantitative estimate of drug-likeness (QED) is 0.775. The Morgan fingerprint density at radius 3 is 2.58 bits per heavy atom. The first kappa shape index (κ1) is 15.6. The highest BCUT2D eigenvalue weighted by Gasteiger charge is 2.11. The van der Waals surface area contributed by atoms with Crippen LogP contribution in [0.25, 0.3) is 21.9 Å². The van der Waals surface area contributed by atoms with Crippen molar-refractivity contribution in [1.82, 2.24) is 4.98 Å². The molecule has 0 aliphatic heterocycles. The molecular formula is C20H18N4. The molecule has 0 bridgehead atoms. The second-order valence-corrected chi connectivity index (χ2v) is 5.68. The summed E-state index contributed by atoms with van der Waals surface area (Å²) in [6.45, 7) is 3.63. The second kappa shape index (κ2) is 6.43. The van der Waals surface area contributed by atoms with Gasteiger partial charge in [0.05, 0.1) is 0 Å². The van der Waals surface area contributed by atoms with Crippen LogP contribution in [-0.2, 0) is 0 Å². The van der Waals surface area contributed by atoms with E-state index < -0.39 is 0 Å². The van der Waals surface area contributed by atoms with E-state index in [9.17, 15) is 5.26 Å². The zero-order valence-electron chi connectivity index (χ0n) is 13.7. The van der Waals surface area contributed by atoms with Gasteiger partial charge in [0.25, 0.3) is 0 Å². The standard InChI is InChI=1S/C20H18N4/c1-4-22-20-19(13-21)18(9-10-23-20)16-6-5-15-12-17(24(2)3)8-7-14(15)11-16/h4-12H,1H2,2-3H3,(H,22,23). The maximum absolute atomic E-state index is 9.53. The van der Waals surface area contributed by atoms with Gasteiger partial charge in [-0.15, -0.1) is 0 Å². The summed E-state index contributed by atoms with van der Waals surface area (Å²) in [5.74, 6) is 0.521. The highest BCUT2D eigenvalue weighted by atomic mass is 15.1.